The van der Waals surface area contributed by atoms with Crippen LogP contribution in [-0.2, 0) is 13.1 Å². The summed E-state index contributed by atoms with van der Waals surface area (Å²) in [5.41, 5.74) is 1.03. The van der Waals surface area contributed by atoms with Crippen LogP contribution in [0.25, 0.3) is 0 Å². The summed E-state index contributed by atoms with van der Waals surface area (Å²) in [4.78, 5) is 2.70. The summed E-state index contributed by atoms with van der Waals surface area (Å²) >= 11 is 0. The number of hydrogen-bond acceptors (Lipinski definition) is 4. The number of nitrogens with one attached hydrogen (secondary N) is 1. The molecule has 5 nitrogen and oxygen atoms in total. The predicted molar refractivity (Wildman–Crippen MR) is 79.3 cm³/mol. The van der Waals surface area contributed by atoms with Gasteiger partial charge >= 0.3 is 0 Å². The van der Waals surface area contributed by atoms with Gasteiger partial charge in [0.15, 0.2) is 0 Å². The fourth-order valence-corrected chi connectivity index (χ4v) is 3.95. The molecular weight excluding hydrogens is 250 g/mol. The topological polar surface area (TPSA) is 46.0 Å². The molecule has 1 saturated carbocycles. The van der Waals surface area contributed by atoms with Crippen LogP contribution in [-0.4, -0.2) is 46.1 Å². The molecule has 1 aliphatic carbocycles. The standard InChI is InChI=1S/C15H27N5/c1-16-11-14-12-20(18-17-14)10-9-19-8-4-7-15(19)13-5-2-3-6-13/h12-13,15-16H,2-11H2,1H3. The van der Waals surface area contributed by atoms with Crippen LogP contribution in [0, 0.1) is 5.92 Å². The van der Waals surface area contributed by atoms with Crippen molar-refractivity contribution in [1.29, 1.82) is 0 Å². The third-order valence-corrected chi connectivity index (χ3v) is 4.92. The fourth-order valence-electron chi connectivity index (χ4n) is 3.95. The molecule has 1 atom stereocenters. The molecule has 1 unspecified atom stereocenters. The molecule has 20 heavy (non-hydrogen) atoms. The van der Waals surface area contributed by atoms with Crippen LogP contribution >= 0.6 is 0 Å². The molecule has 2 aliphatic rings. The second-order valence-electron chi connectivity index (χ2n) is 6.29. The second-order valence-corrected chi connectivity index (χ2v) is 6.29. The Morgan fingerprint density at radius 2 is 2.05 bits per heavy atom. The largest absolute Gasteiger partial charge is 0.314 e. The lowest BCUT2D eigenvalue weighted by Crippen LogP contribution is -2.36. The van der Waals surface area contributed by atoms with Crippen molar-refractivity contribution in [2.45, 2.75) is 57.7 Å². The fraction of sp³-hybridized carbons (Fsp3) is 0.867. The molecule has 1 aliphatic heterocycles. The number of likely N-dealkylation sites (tertiary alicyclic amines) is 1. The van der Waals surface area contributed by atoms with Crippen LogP contribution in [0.2, 0.25) is 0 Å². The highest BCUT2D eigenvalue weighted by atomic mass is 15.4. The van der Waals surface area contributed by atoms with E-state index < -0.39 is 0 Å². The van der Waals surface area contributed by atoms with Gasteiger partial charge in [0.2, 0.25) is 0 Å². The zero-order valence-corrected chi connectivity index (χ0v) is 12.6. The molecule has 112 valence electrons. The number of aromatic nitrogens is 3. The van der Waals surface area contributed by atoms with Crippen molar-refractivity contribution in [2.75, 3.05) is 20.1 Å². The molecule has 1 aromatic heterocycles. The highest BCUT2D eigenvalue weighted by Gasteiger charge is 2.32. The third-order valence-electron chi connectivity index (χ3n) is 4.92. The van der Waals surface area contributed by atoms with Crippen LogP contribution in [0.3, 0.4) is 0 Å². The summed E-state index contributed by atoms with van der Waals surface area (Å²) in [5.74, 6) is 0.966. The van der Waals surface area contributed by atoms with E-state index in [0.717, 1.165) is 37.3 Å². The van der Waals surface area contributed by atoms with E-state index in [4.69, 9.17) is 0 Å². The van der Waals surface area contributed by atoms with Gasteiger partial charge in [-0.2, -0.15) is 0 Å². The normalized spacial score (nSPS) is 24.8. The zero-order valence-electron chi connectivity index (χ0n) is 12.6. The molecular formula is C15H27N5. The van der Waals surface area contributed by atoms with Crippen molar-refractivity contribution in [3.8, 4) is 0 Å². The van der Waals surface area contributed by atoms with E-state index in [0.29, 0.717) is 0 Å². The van der Waals surface area contributed by atoms with Crippen molar-refractivity contribution in [3.05, 3.63) is 11.9 Å². The minimum atomic E-state index is 0.800. The first-order chi connectivity index (χ1) is 9.86. The van der Waals surface area contributed by atoms with Crippen molar-refractivity contribution >= 4 is 0 Å². The Morgan fingerprint density at radius 3 is 2.85 bits per heavy atom. The Balaban J connectivity index is 1.51. The van der Waals surface area contributed by atoms with Gasteiger partial charge in [0.25, 0.3) is 0 Å². The summed E-state index contributed by atoms with van der Waals surface area (Å²) in [5, 5.41) is 11.5. The Bertz CT molecular complexity index is 410. The Labute approximate surface area is 121 Å². The summed E-state index contributed by atoms with van der Waals surface area (Å²) in [6.45, 7) is 4.18. The van der Waals surface area contributed by atoms with Gasteiger partial charge in [0.1, 0.15) is 0 Å². The van der Waals surface area contributed by atoms with Gasteiger partial charge in [-0.3, -0.25) is 9.58 Å². The molecule has 0 spiro atoms. The summed E-state index contributed by atoms with van der Waals surface area (Å²) < 4.78 is 2.00. The third kappa shape index (κ3) is 3.20. The van der Waals surface area contributed by atoms with Gasteiger partial charge in [-0.25, -0.2) is 0 Å². The Hall–Kier alpha value is -0.940. The molecule has 0 radical (unpaired) electrons. The first kappa shape index (κ1) is 14.0. The average Bonchev–Trinajstić information content (AvgIpc) is 3.18. The van der Waals surface area contributed by atoms with Gasteiger partial charge in [0.05, 0.1) is 12.2 Å². The Morgan fingerprint density at radius 1 is 1.20 bits per heavy atom. The lowest BCUT2D eigenvalue weighted by atomic mass is 9.96. The van der Waals surface area contributed by atoms with Gasteiger partial charge in [-0.05, 0) is 45.2 Å². The van der Waals surface area contributed by atoms with Gasteiger partial charge in [-0.1, -0.05) is 18.1 Å². The minimum Gasteiger partial charge on any atom is -0.314 e. The molecule has 2 heterocycles. The van der Waals surface area contributed by atoms with E-state index in [-0.39, 0.29) is 0 Å². The second kappa shape index (κ2) is 6.68. The molecule has 1 N–H and O–H groups in total. The van der Waals surface area contributed by atoms with Crippen LogP contribution in [0.15, 0.2) is 6.20 Å². The number of hydrogen-bond donors (Lipinski definition) is 1. The molecule has 1 aromatic rings. The lowest BCUT2D eigenvalue weighted by Gasteiger charge is -2.29. The number of rotatable bonds is 6. The molecule has 0 aromatic carbocycles. The summed E-state index contributed by atoms with van der Waals surface area (Å²) in [6, 6.07) is 0.845. The van der Waals surface area contributed by atoms with Crippen molar-refractivity contribution < 1.29 is 0 Å². The van der Waals surface area contributed by atoms with Crippen molar-refractivity contribution in [3.63, 3.8) is 0 Å². The van der Waals surface area contributed by atoms with Crippen LogP contribution < -0.4 is 5.32 Å². The van der Waals surface area contributed by atoms with Crippen LogP contribution in [0.5, 0.6) is 0 Å². The van der Waals surface area contributed by atoms with E-state index >= 15 is 0 Å². The van der Waals surface area contributed by atoms with E-state index in [1.54, 1.807) is 0 Å². The SMILES string of the molecule is CNCc1cn(CCN2CCCC2C2CCCC2)nn1. The molecule has 1 saturated heterocycles. The van der Waals surface area contributed by atoms with Crippen molar-refractivity contribution in [1.82, 2.24) is 25.2 Å². The maximum atomic E-state index is 4.22. The van der Waals surface area contributed by atoms with Crippen LogP contribution in [0.1, 0.15) is 44.2 Å². The first-order valence-corrected chi connectivity index (χ1v) is 8.14. The van der Waals surface area contributed by atoms with E-state index in [1.165, 1.54) is 45.1 Å². The van der Waals surface area contributed by atoms with Gasteiger partial charge < -0.3 is 5.32 Å². The average molecular weight is 277 g/mol. The quantitative estimate of drug-likeness (QED) is 0.859. The van der Waals surface area contributed by atoms with Gasteiger partial charge in [-0.15, -0.1) is 5.10 Å². The molecule has 0 bridgehead atoms. The molecule has 0 amide bonds. The monoisotopic (exact) mass is 277 g/mol. The lowest BCUT2D eigenvalue weighted by molar-refractivity contribution is 0.182. The zero-order chi connectivity index (χ0) is 13.8. The van der Waals surface area contributed by atoms with Crippen LogP contribution in [0.4, 0.5) is 0 Å². The first-order valence-electron chi connectivity index (χ1n) is 8.14. The Kier molecular flexibility index (Phi) is 4.68. The smallest absolute Gasteiger partial charge is 0.0964 e. The van der Waals surface area contributed by atoms with E-state index in [9.17, 15) is 0 Å². The van der Waals surface area contributed by atoms with E-state index in [1.807, 2.05) is 11.7 Å². The maximum Gasteiger partial charge on any atom is 0.0964 e. The van der Waals surface area contributed by atoms with Gasteiger partial charge in [0, 0.05) is 25.3 Å². The summed E-state index contributed by atoms with van der Waals surface area (Å²) in [6.07, 6.45) is 10.7. The highest BCUT2D eigenvalue weighted by Crippen LogP contribution is 2.35. The van der Waals surface area contributed by atoms with Crippen molar-refractivity contribution in [2.24, 2.45) is 5.92 Å². The molecule has 5 heteroatoms. The van der Waals surface area contributed by atoms with E-state index in [2.05, 4.69) is 26.7 Å². The number of nitrogens with zero attached hydrogens (tertiary/aromatic N) is 4. The maximum absolute atomic E-state index is 4.22. The minimum absolute atomic E-state index is 0.800. The molecule has 3 rings (SSSR count). The summed E-state index contributed by atoms with van der Waals surface area (Å²) in [7, 11) is 1.94. The highest BCUT2D eigenvalue weighted by molar-refractivity contribution is 4.92. The predicted octanol–water partition coefficient (Wildman–Crippen LogP) is 1.65. The molecule has 2 fully saturated rings.